The highest BCUT2D eigenvalue weighted by molar-refractivity contribution is 7.80. The van der Waals surface area contributed by atoms with Gasteiger partial charge in [-0.15, -0.1) is 4.33 Å². The molecule has 0 N–H and O–H groups in total. The predicted molar refractivity (Wildman–Crippen MR) is 74.6 cm³/mol. The Bertz CT molecular complexity index is 589. The minimum absolute atomic E-state index is 0.388. The number of hydrogen-bond donors (Lipinski definition) is 0. The molecule has 1 atom stereocenters. The van der Waals surface area contributed by atoms with E-state index in [1.54, 1.807) is 54.6 Å². The first-order valence-electron chi connectivity index (χ1n) is 5.86. The van der Waals surface area contributed by atoms with Crippen molar-refractivity contribution in [1.82, 2.24) is 0 Å². The Morgan fingerprint density at radius 3 is 2.10 bits per heavy atom. The van der Waals surface area contributed by atoms with E-state index in [4.69, 9.17) is 9.32 Å². The highest BCUT2D eigenvalue weighted by atomic mass is 32.2. The monoisotopic (exact) mass is 291 g/mol. The summed E-state index contributed by atoms with van der Waals surface area (Å²) in [6.45, 7) is 1.32. The molecule has 2 aromatic rings. The highest BCUT2D eigenvalue weighted by Gasteiger charge is 2.15. The van der Waals surface area contributed by atoms with Gasteiger partial charge in [-0.05, 0) is 24.3 Å². The van der Waals surface area contributed by atoms with Crippen LogP contribution in [0.3, 0.4) is 0 Å². The normalized spacial score (nSPS) is 11.8. The molecule has 0 aliphatic carbocycles. The van der Waals surface area contributed by atoms with Gasteiger partial charge in [0.05, 0.1) is 10.6 Å². The van der Waals surface area contributed by atoms with Crippen LogP contribution in [0.5, 0.6) is 0 Å². The molecule has 0 spiro atoms. The van der Waals surface area contributed by atoms with Gasteiger partial charge in [0.25, 0.3) is 0 Å². The number of rotatable bonds is 5. The quantitative estimate of drug-likeness (QED) is 0.627. The lowest BCUT2D eigenvalue weighted by Gasteiger charge is -2.17. The molecule has 0 aliphatic rings. The number of nitrogens with zero attached hydrogens (tertiary/aromatic N) is 1. The molecular weight excluding hydrogens is 278 g/mol. The van der Waals surface area contributed by atoms with E-state index in [2.05, 4.69) is 0 Å². The molecule has 2 aromatic carbocycles. The van der Waals surface area contributed by atoms with E-state index in [-0.39, 0.29) is 5.91 Å². The van der Waals surface area contributed by atoms with Gasteiger partial charge in [-0.3, -0.25) is 4.79 Å². The molecule has 6 heteroatoms. The lowest BCUT2D eigenvalue weighted by atomic mass is 10.3. The number of carbonyl (C=O) groups is 1. The molecule has 0 aromatic heterocycles. The van der Waals surface area contributed by atoms with Crippen molar-refractivity contribution < 1.29 is 18.3 Å². The van der Waals surface area contributed by atoms with Gasteiger partial charge in [0.1, 0.15) is 0 Å². The van der Waals surface area contributed by atoms with Crippen LogP contribution in [0.4, 0.5) is 5.69 Å². The van der Waals surface area contributed by atoms with Crippen LogP contribution in [0.25, 0.3) is 0 Å². The third kappa shape index (κ3) is 3.74. The van der Waals surface area contributed by atoms with Crippen LogP contribution in [-0.2, 0) is 25.2 Å². The van der Waals surface area contributed by atoms with Crippen molar-refractivity contribution in [3.63, 3.8) is 0 Å². The number of hydroxylamine groups is 1. The predicted octanol–water partition coefficient (Wildman–Crippen LogP) is 2.63. The molecule has 0 saturated heterocycles. The molecule has 0 aliphatic heterocycles. The average molecular weight is 291 g/mol. The summed E-state index contributed by atoms with van der Waals surface area (Å²) < 4.78 is 16.6. The van der Waals surface area contributed by atoms with Crippen molar-refractivity contribution in [3.8, 4) is 0 Å². The zero-order valence-electron chi connectivity index (χ0n) is 10.8. The van der Waals surface area contributed by atoms with Crippen molar-refractivity contribution in [3.05, 3.63) is 60.7 Å². The zero-order valence-corrected chi connectivity index (χ0v) is 11.6. The molecule has 0 bridgehead atoms. The van der Waals surface area contributed by atoms with Crippen molar-refractivity contribution in [2.75, 3.05) is 5.06 Å². The van der Waals surface area contributed by atoms with E-state index in [1.165, 1.54) is 6.92 Å². The third-order valence-electron chi connectivity index (χ3n) is 2.38. The van der Waals surface area contributed by atoms with E-state index in [9.17, 15) is 9.00 Å². The molecule has 20 heavy (non-hydrogen) atoms. The molecule has 1 amide bonds. The fraction of sp³-hybridized carbons (Fsp3) is 0.0714. The van der Waals surface area contributed by atoms with Crippen molar-refractivity contribution in [1.29, 1.82) is 0 Å². The lowest BCUT2D eigenvalue weighted by molar-refractivity contribution is -0.210. The summed E-state index contributed by atoms with van der Waals surface area (Å²) in [5, 5.41) is 0.931. The average Bonchev–Trinajstić information content (AvgIpc) is 2.49. The van der Waals surface area contributed by atoms with Crippen LogP contribution in [0.15, 0.2) is 65.6 Å². The molecule has 0 heterocycles. The van der Waals surface area contributed by atoms with E-state index in [0.717, 1.165) is 5.06 Å². The summed E-state index contributed by atoms with van der Waals surface area (Å²) in [7, 11) is 0. The van der Waals surface area contributed by atoms with Crippen LogP contribution in [0.1, 0.15) is 6.92 Å². The Hall–Kier alpha value is -2.02. The van der Waals surface area contributed by atoms with Gasteiger partial charge in [0, 0.05) is 6.92 Å². The van der Waals surface area contributed by atoms with E-state index in [1.807, 2.05) is 6.07 Å². The van der Waals surface area contributed by atoms with Gasteiger partial charge in [-0.2, -0.15) is 5.06 Å². The molecular formula is C14H13NO4S. The molecule has 0 radical (unpaired) electrons. The topological polar surface area (TPSA) is 55.8 Å². The minimum atomic E-state index is -1.81. The Morgan fingerprint density at radius 2 is 1.55 bits per heavy atom. The van der Waals surface area contributed by atoms with Crippen LogP contribution >= 0.6 is 0 Å². The van der Waals surface area contributed by atoms with E-state index in [0.29, 0.717) is 10.6 Å². The maximum atomic E-state index is 11.8. The Labute approximate surface area is 119 Å². The third-order valence-corrected chi connectivity index (χ3v) is 3.22. The molecule has 0 fully saturated rings. The Morgan fingerprint density at radius 1 is 1.00 bits per heavy atom. The standard InChI is InChI=1S/C14H13NO4S/c1-12(16)15(13-8-4-2-5-9-13)18-19-20(17)14-10-6-3-7-11-14/h2-11H,1H3. The number of hydrogen-bond acceptors (Lipinski definition) is 4. The number of benzene rings is 2. The Kier molecular flexibility index (Phi) is 5.00. The Balaban J connectivity index is 2.04. The second-order valence-corrected chi connectivity index (χ2v) is 4.92. The summed E-state index contributed by atoms with van der Waals surface area (Å²) in [6, 6.07) is 17.2. The van der Waals surface area contributed by atoms with Gasteiger partial charge >= 0.3 is 0 Å². The van der Waals surface area contributed by atoms with Gasteiger partial charge in [-0.25, -0.2) is 4.21 Å². The number of amides is 1. The van der Waals surface area contributed by atoms with Crippen LogP contribution < -0.4 is 5.06 Å². The van der Waals surface area contributed by atoms with Gasteiger partial charge in [0.2, 0.25) is 17.0 Å². The van der Waals surface area contributed by atoms with Gasteiger partial charge in [0.15, 0.2) is 0 Å². The lowest BCUT2D eigenvalue weighted by Crippen LogP contribution is -2.29. The minimum Gasteiger partial charge on any atom is -0.272 e. The highest BCUT2D eigenvalue weighted by Crippen LogP contribution is 2.16. The van der Waals surface area contributed by atoms with E-state index >= 15 is 0 Å². The summed E-state index contributed by atoms with van der Waals surface area (Å²) in [4.78, 5) is 16.9. The maximum Gasteiger partial charge on any atom is 0.250 e. The smallest absolute Gasteiger partial charge is 0.250 e. The van der Waals surface area contributed by atoms with Crippen LogP contribution in [0.2, 0.25) is 0 Å². The van der Waals surface area contributed by atoms with Crippen LogP contribution in [-0.4, -0.2) is 10.1 Å². The number of para-hydroxylation sites is 1. The molecule has 5 nitrogen and oxygen atoms in total. The van der Waals surface area contributed by atoms with Crippen molar-refractivity contribution in [2.24, 2.45) is 0 Å². The summed E-state index contributed by atoms with van der Waals surface area (Å²) >= 11 is -1.81. The largest absolute Gasteiger partial charge is 0.272 e. The van der Waals surface area contributed by atoms with Crippen molar-refractivity contribution >= 4 is 22.7 Å². The van der Waals surface area contributed by atoms with Gasteiger partial charge in [-0.1, -0.05) is 41.4 Å². The van der Waals surface area contributed by atoms with E-state index < -0.39 is 11.1 Å². The summed E-state index contributed by atoms with van der Waals surface area (Å²) in [5.74, 6) is -0.388. The fourth-order valence-electron chi connectivity index (χ4n) is 1.47. The SMILES string of the molecule is CC(=O)N(OOS(=O)c1ccccc1)c1ccccc1. The second-order valence-electron chi connectivity index (χ2n) is 3.84. The number of anilines is 1. The fourth-order valence-corrected chi connectivity index (χ4v) is 2.04. The van der Waals surface area contributed by atoms with Crippen LogP contribution in [0, 0.1) is 0 Å². The first-order valence-corrected chi connectivity index (χ1v) is 6.93. The second kappa shape index (κ2) is 6.95. The number of carbonyl (C=O) groups excluding carboxylic acids is 1. The molecule has 104 valence electrons. The summed E-state index contributed by atoms with van der Waals surface area (Å²) in [5.41, 5.74) is 0.491. The first kappa shape index (κ1) is 14.4. The van der Waals surface area contributed by atoms with Crippen molar-refractivity contribution in [2.45, 2.75) is 11.8 Å². The van der Waals surface area contributed by atoms with Gasteiger partial charge < -0.3 is 0 Å². The summed E-state index contributed by atoms with van der Waals surface area (Å²) in [6.07, 6.45) is 0. The molecule has 1 unspecified atom stereocenters. The maximum absolute atomic E-state index is 11.8. The zero-order chi connectivity index (χ0) is 14.4. The molecule has 2 rings (SSSR count). The first-order chi connectivity index (χ1) is 9.68. The molecule has 0 saturated carbocycles.